The molecule has 146 valence electrons. The Hall–Kier alpha value is -2.27. The molecule has 1 amide bonds. The fraction of sp³-hybridized carbons (Fsp3) is 0.167. The van der Waals surface area contributed by atoms with Crippen LogP contribution in [0.1, 0.15) is 24.2 Å². The van der Waals surface area contributed by atoms with E-state index < -0.39 is 15.9 Å². The Kier molecular flexibility index (Phi) is 6.45. The molecule has 0 unspecified atom stereocenters. The van der Waals surface area contributed by atoms with E-state index in [0.717, 1.165) is 9.24 Å². The lowest BCUT2D eigenvalue weighted by molar-refractivity contribution is 0.102. The maximum Gasteiger partial charge on any atom is 0.255 e. The molecule has 0 radical (unpaired) electrons. The van der Waals surface area contributed by atoms with Crippen LogP contribution in [-0.2, 0) is 10.0 Å². The molecule has 1 aromatic heterocycles. The minimum absolute atomic E-state index is 0.0466. The Morgan fingerprint density at radius 1 is 1.14 bits per heavy atom. The van der Waals surface area contributed by atoms with Crippen molar-refractivity contribution >= 4 is 44.7 Å². The summed E-state index contributed by atoms with van der Waals surface area (Å²) in [5.74, 6) is -0.396. The number of hydrogen-bond donors (Lipinski definition) is 2. The second-order valence-corrected chi connectivity index (χ2v) is 9.90. The molecule has 28 heavy (non-hydrogen) atoms. The van der Waals surface area contributed by atoms with E-state index in [1.807, 2.05) is 18.2 Å². The number of carbonyl (C=O) groups excluding carboxylic acids is 1. The molecule has 0 bridgehead atoms. The Balaban J connectivity index is 1.82. The first-order valence-electron chi connectivity index (χ1n) is 8.32. The van der Waals surface area contributed by atoms with Crippen LogP contribution in [0, 0.1) is 0 Å². The number of nitrogens with zero attached hydrogens (tertiary/aromatic N) is 2. The van der Waals surface area contributed by atoms with Gasteiger partial charge in [-0.2, -0.15) is 0 Å². The third kappa shape index (κ3) is 5.16. The Bertz CT molecular complexity index is 1070. The minimum atomic E-state index is -3.68. The van der Waals surface area contributed by atoms with Gasteiger partial charge in [0, 0.05) is 16.5 Å². The van der Waals surface area contributed by atoms with E-state index in [4.69, 9.17) is 0 Å². The highest BCUT2D eigenvalue weighted by molar-refractivity contribution is 8.01. The number of benzene rings is 2. The number of sulfonamides is 1. The summed E-state index contributed by atoms with van der Waals surface area (Å²) in [5.41, 5.74) is 2.50. The summed E-state index contributed by atoms with van der Waals surface area (Å²) in [4.78, 5) is 13.6. The van der Waals surface area contributed by atoms with Crippen LogP contribution in [0.4, 0.5) is 5.69 Å². The highest BCUT2D eigenvalue weighted by atomic mass is 32.2. The highest BCUT2D eigenvalue weighted by Gasteiger charge is 2.18. The second-order valence-electron chi connectivity index (χ2n) is 6.06. The quantitative estimate of drug-likeness (QED) is 0.589. The second kappa shape index (κ2) is 8.82. The molecule has 0 atom stereocenters. The zero-order chi connectivity index (χ0) is 20.1. The molecule has 3 aromatic rings. The van der Waals surface area contributed by atoms with Crippen LogP contribution in [0.5, 0.6) is 0 Å². The van der Waals surface area contributed by atoms with Crippen LogP contribution in [0.3, 0.4) is 0 Å². The minimum Gasteiger partial charge on any atom is -0.321 e. The first-order chi connectivity index (χ1) is 13.3. The molecule has 0 aliphatic heterocycles. The van der Waals surface area contributed by atoms with Crippen molar-refractivity contribution in [2.75, 3.05) is 5.32 Å². The molecule has 0 aliphatic rings. The van der Waals surface area contributed by atoms with Crippen LogP contribution in [0.2, 0.25) is 0 Å². The van der Waals surface area contributed by atoms with Gasteiger partial charge in [0.2, 0.25) is 10.0 Å². The normalized spacial score (nSPS) is 11.5. The lowest BCUT2D eigenvalue weighted by atomic mass is 10.2. The van der Waals surface area contributed by atoms with Gasteiger partial charge in [0.1, 0.15) is 5.51 Å². The summed E-state index contributed by atoms with van der Waals surface area (Å²) in [6.45, 7) is 3.47. The maximum absolute atomic E-state index is 12.7. The van der Waals surface area contributed by atoms with Gasteiger partial charge >= 0.3 is 0 Å². The van der Waals surface area contributed by atoms with Crippen LogP contribution < -0.4 is 10.0 Å². The predicted octanol–water partition coefficient (Wildman–Crippen LogP) is 3.63. The molecule has 2 aromatic carbocycles. The summed E-state index contributed by atoms with van der Waals surface area (Å²) < 4.78 is 28.0. The number of carbonyl (C=O) groups is 1. The number of nitrogens with one attached hydrogen (secondary N) is 2. The predicted molar refractivity (Wildman–Crippen MR) is 110 cm³/mol. The lowest BCUT2D eigenvalue weighted by Crippen LogP contribution is -2.30. The van der Waals surface area contributed by atoms with Gasteiger partial charge in [0.15, 0.2) is 4.34 Å². The van der Waals surface area contributed by atoms with Gasteiger partial charge < -0.3 is 5.32 Å². The molecule has 2 N–H and O–H groups in total. The van der Waals surface area contributed by atoms with Crippen molar-refractivity contribution in [1.82, 2.24) is 14.9 Å². The van der Waals surface area contributed by atoms with Gasteiger partial charge in [-0.25, -0.2) is 13.1 Å². The zero-order valence-corrected chi connectivity index (χ0v) is 17.6. The van der Waals surface area contributed by atoms with E-state index in [0.29, 0.717) is 5.69 Å². The number of anilines is 1. The number of hydrogen-bond acceptors (Lipinski definition) is 7. The monoisotopic (exact) mass is 434 g/mol. The molecule has 1 heterocycles. The van der Waals surface area contributed by atoms with E-state index in [1.54, 1.807) is 37.6 Å². The first-order valence-corrected chi connectivity index (χ1v) is 11.5. The van der Waals surface area contributed by atoms with Crippen LogP contribution in [0.15, 0.2) is 68.2 Å². The van der Waals surface area contributed by atoms with Crippen molar-refractivity contribution in [2.24, 2.45) is 0 Å². The molecular formula is C18H18N4O3S3. The topological polar surface area (TPSA) is 101 Å². The van der Waals surface area contributed by atoms with Crippen molar-refractivity contribution in [3.8, 4) is 0 Å². The number of amides is 1. The number of para-hydroxylation sites is 1. The number of aromatic nitrogens is 2. The average molecular weight is 435 g/mol. The van der Waals surface area contributed by atoms with E-state index in [2.05, 4.69) is 20.2 Å². The molecule has 10 heteroatoms. The van der Waals surface area contributed by atoms with Gasteiger partial charge in [-0.3, -0.25) is 4.79 Å². The summed E-state index contributed by atoms with van der Waals surface area (Å²) in [6, 6.07) is 13.0. The van der Waals surface area contributed by atoms with Crippen molar-refractivity contribution in [1.29, 1.82) is 0 Å². The van der Waals surface area contributed by atoms with E-state index in [1.165, 1.54) is 35.2 Å². The van der Waals surface area contributed by atoms with Crippen molar-refractivity contribution in [3.05, 3.63) is 59.6 Å². The van der Waals surface area contributed by atoms with Gasteiger partial charge in [-0.15, -0.1) is 10.2 Å². The average Bonchev–Trinajstić information content (AvgIpc) is 3.15. The molecule has 0 spiro atoms. The van der Waals surface area contributed by atoms with Crippen LogP contribution in [-0.4, -0.2) is 30.6 Å². The van der Waals surface area contributed by atoms with Gasteiger partial charge in [0.25, 0.3) is 5.91 Å². The third-order valence-corrected chi connectivity index (χ3v) is 6.98. The first kappa shape index (κ1) is 20.5. The largest absolute Gasteiger partial charge is 0.321 e. The Labute approximate surface area is 171 Å². The lowest BCUT2D eigenvalue weighted by Gasteiger charge is -2.12. The van der Waals surface area contributed by atoms with E-state index in [9.17, 15) is 13.2 Å². The fourth-order valence-corrected chi connectivity index (χ4v) is 5.16. The van der Waals surface area contributed by atoms with E-state index in [-0.39, 0.29) is 16.5 Å². The molecule has 0 saturated carbocycles. The molecule has 7 nitrogen and oxygen atoms in total. The summed E-state index contributed by atoms with van der Waals surface area (Å²) >= 11 is 2.80. The Morgan fingerprint density at radius 2 is 1.93 bits per heavy atom. The number of rotatable bonds is 7. The molecule has 0 aliphatic carbocycles. The molecular weight excluding hydrogens is 416 g/mol. The third-order valence-electron chi connectivity index (χ3n) is 3.47. The van der Waals surface area contributed by atoms with Crippen LogP contribution >= 0.6 is 23.1 Å². The van der Waals surface area contributed by atoms with Crippen molar-refractivity contribution < 1.29 is 13.2 Å². The van der Waals surface area contributed by atoms with Gasteiger partial charge in [-0.05, 0) is 44.2 Å². The fourth-order valence-electron chi connectivity index (χ4n) is 2.34. The van der Waals surface area contributed by atoms with E-state index >= 15 is 0 Å². The maximum atomic E-state index is 12.7. The summed E-state index contributed by atoms with van der Waals surface area (Å²) in [7, 11) is -3.68. The Morgan fingerprint density at radius 3 is 2.64 bits per heavy atom. The summed E-state index contributed by atoms with van der Waals surface area (Å²) in [5, 5.41) is 10.6. The standard InChI is InChI=1S/C18H18N4O3S3/c1-12(2)22-28(24,25)14-7-5-6-13(10-14)17(23)20-15-8-3-4-9-16(15)27-18-21-19-11-26-18/h3-12,22H,1-2H3,(H,20,23). The zero-order valence-electron chi connectivity index (χ0n) is 15.1. The molecule has 3 rings (SSSR count). The smallest absolute Gasteiger partial charge is 0.255 e. The van der Waals surface area contributed by atoms with Crippen molar-refractivity contribution in [3.63, 3.8) is 0 Å². The SMILES string of the molecule is CC(C)NS(=O)(=O)c1cccc(C(=O)Nc2ccccc2Sc2nncs2)c1. The highest BCUT2D eigenvalue weighted by Crippen LogP contribution is 2.34. The van der Waals surface area contributed by atoms with Crippen molar-refractivity contribution in [2.45, 2.75) is 34.0 Å². The summed E-state index contributed by atoms with van der Waals surface area (Å²) in [6.07, 6.45) is 0. The van der Waals surface area contributed by atoms with Crippen LogP contribution in [0.25, 0.3) is 0 Å². The van der Waals surface area contributed by atoms with Gasteiger partial charge in [0.05, 0.1) is 10.6 Å². The van der Waals surface area contributed by atoms with Gasteiger partial charge in [-0.1, -0.05) is 41.3 Å². The molecule has 0 saturated heterocycles. The molecule has 0 fully saturated rings.